The predicted octanol–water partition coefficient (Wildman–Crippen LogP) is 3.80. The van der Waals surface area contributed by atoms with E-state index in [0.29, 0.717) is 16.7 Å². The van der Waals surface area contributed by atoms with Crippen LogP contribution in [0.4, 0.5) is 5.69 Å². The summed E-state index contributed by atoms with van der Waals surface area (Å²) in [5.41, 5.74) is 3.65. The van der Waals surface area contributed by atoms with Gasteiger partial charge in [0.05, 0.1) is 5.75 Å². The smallest absolute Gasteiger partial charge is 0.234 e. The molecule has 29 heavy (non-hydrogen) atoms. The molecule has 0 saturated heterocycles. The second-order valence-electron chi connectivity index (χ2n) is 6.50. The van der Waals surface area contributed by atoms with Crippen LogP contribution in [0, 0.1) is 13.8 Å². The molecule has 0 bridgehead atoms. The van der Waals surface area contributed by atoms with Gasteiger partial charge in [0.1, 0.15) is 5.69 Å². The molecule has 3 aromatic heterocycles. The lowest BCUT2D eigenvalue weighted by Crippen LogP contribution is -2.17. The first-order chi connectivity index (χ1) is 14.1. The Morgan fingerprint density at radius 1 is 1.00 bits per heavy atom. The molecule has 0 atom stereocenters. The molecule has 0 aliphatic rings. The molecule has 0 unspecified atom stereocenters. The molecule has 3 heterocycles. The first-order valence-electron chi connectivity index (χ1n) is 9.13. The fraction of sp³-hybridized carbons (Fsp3) is 0.143. The van der Waals surface area contributed by atoms with Gasteiger partial charge in [-0.2, -0.15) is 0 Å². The molecule has 0 spiro atoms. The molecule has 1 amide bonds. The number of aryl methyl sites for hydroxylation is 2. The van der Waals surface area contributed by atoms with Gasteiger partial charge in [0, 0.05) is 24.3 Å². The molecular weight excluding hydrogens is 384 g/mol. The first-order valence-corrected chi connectivity index (χ1v) is 10.1. The van der Waals surface area contributed by atoms with E-state index in [1.807, 2.05) is 84.1 Å². The molecule has 0 aliphatic carbocycles. The summed E-state index contributed by atoms with van der Waals surface area (Å²) in [6.45, 7) is 3.97. The number of carbonyl (C=O) groups excluding carboxylic acids is 1. The largest absolute Gasteiger partial charge is 0.325 e. The van der Waals surface area contributed by atoms with E-state index in [1.54, 1.807) is 6.20 Å². The van der Waals surface area contributed by atoms with Crippen LogP contribution in [-0.2, 0) is 4.79 Å². The van der Waals surface area contributed by atoms with Crippen molar-refractivity contribution in [3.8, 4) is 11.5 Å². The molecule has 0 radical (unpaired) electrons. The maximum atomic E-state index is 12.6. The summed E-state index contributed by atoms with van der Waals surface area (Å²) in [6, 6.07) is 15.4. The second-order valence-corrected chi connectivity index (χ2v) is 7.44. The van der Waals surface area contributed by atoms with Gasteiger partial charge in [-0.15, -0.1) is 10.2 Å². The Morgan fingerprint density at radius 2 is 1.76 bits per heavy atom. The van der Waals surface area contributed by atoms with Gasteiger partial charge in [-0.05, 0) is 49.2 Å². The summed E-state index contributed by atoms with van der Waals surface area (Å²) < 4.78 is 3.72. The highest BCUT2D eigenvalue weighted by atomic mass is 32.2. The Balaban J connectivity index is 1.56. The van der Waals surface area contributed by atoms with Gasteiger partial charge in [-0.3, -0.25) is 14.5 Å². The maximum absolute atomic E-state index is 12.6. The highest BCUT2D eigenvalue weighted by Crippen LogP contribution is 2.24. The fourth-order valence-electron chi connectivity index (χ4n) is 2.99. The van der Waals surface area contributed by atoms with E-state index in [9.17, 15) is 4.79 Å². The minimum Gasteiger partial charge on any atom is -0.325 e. The lowest BCUT2D eigenvalue weighted by atomic mass is 10.1. The molecular formula is C21H20N6OS. The van der Waals surface area contributed by atoms with Crippen LogP contribution < -0.4 is 5.32 Å². The van der Waals surface area contributed by atoms with Crippen LogP contribution in [0.1, 0.15) is 11.1 Å². The van der Waals surface area contributed by atoms with Crippen LogP contribution in [0.3, 0.4) is 0 Å². The molecule has 4 aromatic rings. The van der Waals surface area contributed by atoms with Crippen LogP contribution in [-0.4, -0.2) is 36.2 Å². The van der Waals surface area contributed by atoms with Crippen LogP contribution in [0.15, 0.2) is 72.3 Å². The standard InChI is InChI=1S/C21H20N6OS/c1-15-8-7-9-16(2)19(15)23-18(28)14-29-21-25-24-20(17-10-3-4-11-22-17)27(21)26-12-5-6-13-26/h3-13H,14H2,1-2H3,(H,23,28). The minimum atomic E-state index is -0.0890. The third-order valence-electron chi connectivity index (χ3n) is 4.40. The lowest BCUT2D eigenvalue weighted by Gasteiger charge is -2.12. The Hall–Kier alpha value is -3.39. The van der Waals surface area contributed by atoms with E-state index in [4.69, 9.17) is 0 Å². The van der Waals surface area contributed by atoms with Gasteiger partial charge in [-0.25, -0.2) is 4.68 Å². The summed E-state index contributed by atoms with van der Waals surface area (Å²) >= 11 is 1.33. The number of benzene rings is 1. The average Bonchev–Trinajstić information content (AvgIpc) is 3.39. The Morgan fingerprint density at radius 3 is 2.45 bits per heavy atom. The molecule has 0 aliphatic heterocycles. The van der Waals surface area contributed by atoms with Crippen molar-refractivity contribution in [2.45, 2.75) is 19.0 Å². The maximum Gasteiger partial charge on any atom is 0.234 e. The van der Waals surface area contributed by atoms with Crippen molar-refractivity contribution in [2.75, 3.05) is 11.1 Å². The molecule has 1 N–H and O–H groups in total. The molecule has 4 rings (SSSR count). The first kappa shape index (κ1) is 18.9. The SMILES string of the molecule is Cc1cccc(C)c1NC(=O)CSc1nnc(-c2ccccn2)n1-n1cccc1. The predicted molar refractivity (Wildman–Crippen MR) is 114 cm³/mol. The Labute approximate surface area is 172 Å². The number of nitrogens with zero attached hydrogens (tertiary/aromatic N) is 5. The van der Waals surface area contributed by atoms with Crippen molar-refractivity contribution >= 4 is 23.4 Å². The molecule has 1 aromatic carbocycles. The summed E-state index contributed by atoms with van der Waals surface area (Å²) in [6.07, 6.45) is 5.52. The van der Waals surface area contributed by atoms with Crippen LogP contribution >= 0.6 is 11.8 Å². The number of rotatable bonds is 6. The molecule has 146 valence electrons. The molecule has 8 heteroatoms. The van der Waals surface area contributed by atoms with E-state index >= 15 is 0 Å². The number of thioether (sulfide) groups is 1. The van der Waals surface area contributed by atoms with E-state index in [0.717, 1.165) is 16.8 Å². The molecule has 0 saturated carbocycles. The number of nitrogens with one attached hydrogen (secondary N) is 1. The van der Waals surface area contributed by atoms with E-state index < -0.39 is 0 Å². The average molecular weight is 404 g/mol. The van der Waals surface area contributed by atoms with Gasteiger partial charge < -0.3 is 5.32 Å². The Kier molecular flexibility index (Phi) is 5.44. The fourth-order valence-corrected chi connectivity index (χ4v) is 3.73. The Bertz CT molecular complexity index is 1100. The van der Waals surface area contributed by atoms with Crippen molar-refractivity contribution in [3.05, 3.63) is 78.2 Å². The number of hydrogen-bond acceptors (Lipinski definition) is 5. The van der Waals surface area contributed by atoms with Crippen LogP contribution in [0.2, 0.25) is 0 Å². The quantitative estimate of drug-likeness (QED) is 0.495. The van der Waals surface area contributed by atoms with Gasteiger partial charge in [0.15, 0.2) is 0 Å². The van der Waals surface area contributed by atoms with Crippen molar-refractivity contribution < 1.29 is 4.79 Å². The zero-order valence-electron chi connectivity index (χ0n) is 16.1. The van der Waals surface area contributed by atoms with Crippen molar-refractivity contribution in [3.63, 3.8) is 0 Å². The third kappa shape index (κ3) is 4.07. The monoisotopic (exact) mass is 404 g/mol. The lowest BCUT2D eigenvalue weighted by molar-refractivity contribution is -0.113. The third-order valence-corrected chi connectivity index (χ3v) is 5.32. The zero-order valence-corrected chi connectivity index (χ0v) is 16.9. The highest BCUT2D eigenvalue weighted by Gasteiger charge is 2.18. The van der Waals surface area contributed by atoms with Crippen LogP contribution in [0.25, 0.3) is 11.5 Å². The topological polar surface area (TPSA) is 77.6 Å². The van der Waals surface area contributed by atoms with Gasteiger partial charge in [-0.1, -0.05) is 36.0 Å². The number of para-hydroxylation sites is 1. The summed E-state index contributed by atoms with van der Waals surface area (Å²) in [5.74, 6) is 0.739. The van der Waals surface area contributed by atoms with Crippen LogP contribution in [0.5, 0.6) is 0 Å². The van der Waals surface area contributed by atoms with Gasteiger partial charge >= 0.3 is 0 Å². The summed E-state index contributed by atoms with van der Waals surface area (Å²) in [4.78, 5) is 16.9. The minimum absolute atomic E-state index is 0.0890. The summed E-state index contributed by atoms with van der Waals surface area (Å²) in [5, 5.41) is 12.2. The van der Waals surface area contributed by atoms with Crippen molar-refractivity contribution in [2.24, 2.45) is 0 Å². The van der Waals surface area contributed by atoms with E-state index in [-0.39, 0.29) is 11.7 Å². The highest BCUT2D eigenvalue weighted by molar-refractivity contribution is 7.99. The number of hydrogen-bond donors (Lipinski definition) is 1. The summed E-state index contributed by atoms with van der Waals surface area (Å²) in [7, 11) is 0. The zero-order chi connectivity index (χ0) is 20.2. The molecule has 7 nitrogen and oxygen atoms in total. The van der Waals surface area contributed by atoms with E-state index in [2.05, 4.69) is 20.5 Å². The number of aromatic nitrogens is 5. The molecule has 0 fully saturated rings. The number of anilines is 1. The van der Waals surface area contributed by atoms with Crippen molar-refractivity contribution in [1.29, 1.82) is 0 Å². The number of amides is 1. The number of pyridine rings is 1. The van der Waals surface area contributed by atoms with E-state index in [1.165, 1.54) is 11.8 Å². The van der Waals surface area contributed by atoms with Gasteiger partial charge in [0.25, 0.3) is 0 Å². The van der Waals surface area contributed by atoms with Crippen molar-refractivity contribution in [1.82, 2.24) is 24.5 Å². The number of carbonyl (C=O) groups is 1. The normalized spacial score (nSPS) is 10.8. The van der Waals surface area contributed by atoms with Gasteiger partial charge in [0.2, 0.25) is 16.9 Å². The second kappa shape index (κ2) is 8.32.